The van der Waals surface area contributed by atoms with Gasteiger partial charge in [-0.25, -0.2) is 13.1 Å². The molecule has 0 aromatic heterocycles. The van der Waals surface area contributed by atoms with E-state index in [4.69, 9.17) is 21.1 Å². The zero-order valence-electron chi connectivity index (χ0n) is 13.8. The number of halogens is 1. The SMILES string of the molecule is COc1ccc(Cl)cc1S(=O)(=O)NCCOc1cc(C)ccc1C. The molecule has 0 heterocycles. The van der Waals surface area contributed by atoms with E-state index in [1.807, 2.05) is 32.0 Å². The van der Waals surface area contributed by atoms with Gasteiger partial charge in [0.15, 0.2) is 0 Å². The van der Waals surface area contributed by atoms with Crippen molar-refractivity contribution in [3.63, 3.8) is 0 Å². The Morgan fingerprint density at radius 1 is 1.08 bits per heavy atom. The molecule has 0 amide bonds. The van der Waals surface area contributed by atoms with Crippen LogP contribution in [0.2, 0.25) is 5.02 Å². The summed E-state index contributed by atoms with van der Waals surface area (Å²) in [4.78, 5) is 0.00392. The minimum Gasteiger partial charge on any atom is -0.495 e. The third kappa shape index (κ3) is 4.63. The number of hydrogen-bond acceptors (Lipinski definition) is 4. The minimum absolute atomic E-state index is 0.00392. The normalized spacial score (nSPS) is 11.3. The number of aryl methyl sites for hydroxylation is 2. The van der Waals surface area contributed by atoms with Crippen LogP contribution in [-0.4, -0.2) is 28.7 Å². The van der Waals surface area contributed by atoms with Crippen LogP contribution in [0.1, 0.15) is 11.1 Å². The van der Waals surface area contributed by atoms with E-state index in [0.717, 1.165) is 16.9 Å². The Bertz CT molecular complexity index is 821. The lowest BCUT2D eigenvalue weighted by Gasteiger charge is -2.13. The molecule has 0 aliphatic heterocycles. The van der Waals surface area contributed by atoms with Crippen molar-refractivity contribution in [1.29, 1.82) is 0 Å². The van der Waals surface area contributed by atoms with Crippen LogP contribution in [0.3, 0.4) is 0 Å². The molecule has 0 fully saturated rings. The number of rotatable bonds is 7. The maximum Gasteiger partial charge on any atom is 0.244 e. The lowest BCUT2D eigenvalue weighted by Crippen LogP contribution is -2.28. The maximum atomic E-state index is 12.4. The van der Waals surface area contributed by atoms with Crippen molar-refractivity contribution in [2.45, 2.75) is 18.7 Å². The molecule has 0 unspecified atom stereocenters. The van der Waals surface area contributed by atoms with E-state index < -0.39 is 10.0 Å². The van der Waals surface area contributed by atoms with E-state index in [9.17, 15) is 8.42 Å². The number of ether oxygens (including phenoxy) is 2. The number of benzene rings is 2. The summed E-state index contributed by atoms with van der Waals surface area (Å²) >= 11 is 5.88. The topological polar surface area (TPSA) is 64.6 Å². The van der Waals surface area contributed by atoms with E-state index in [2.05, 4.69) is 4.72 Å². The van der Waals surface area contributed by atoms with Gasteiger partial charge in [-0.05, 0) is 49.2 Å². The Morgan fingerprint density at radius 2 is 1.83 bits per heavy atom. The number of methoxy groups -OCH3 is 1. The standard InChI is InChI=1S/C17H20ClNO4S/c1-12-4-5-13(2)16(10-12)23-9-8-19-24(20,21)17-11-14(18)6-7-15(17)22-3/h4-7,10-11,19H,8-9H2,1-3H3. The van der Waals surface area contributed by atoms with Gasteiger partial charge < -0.3 is 9.47 Å². The summed E-state index contributed by atoms with van der Waals surface area (Å²) in [6.45, 7) is 4.26. The Balaban J connectivity index is 2.01. The van der Waals surface area contributed by atoms with E-state index in [1.54, 1.807) is 6.07 Å². The molecule has 0 saturated heterocycles. The van der Waals surface area contributed by atoms with Crippen molar-refractivity contribution in [2.75, 3.05) is 20.3 Å². The molecule has 0 bridgehead atoms. The first-order chi connectivity index (χ1) is 11.3. The number of sulfonamides is 1. The monoisotopic (exact) mass is 369 g/mol. The Morgan fingerprint density at radius 3 is 2.54 bits per heavy atom. The maximum absolute atomic E-state index is 12.4. The molecule has 2 aromatic carbocycles. The molecule has 0 saturated carbocycles. The lowest BCUT2D eigenvalue weighted by atomic mass is 10.1. The second-order valence-electron chi connectivity index (χ2n) is 5.31. The molecule has 0 aliphatic rings. The van der Waals surface area contributed by atoms with Gasteiger partial charge in [0, 0.05) is 11.6 Å². The molecule has 1 N–H and O–H groups in total. The van der Waals surface area contributed by atoms with Crippen LogP contribution in [-0.2, 0) is 10.0 Å². The van der Waals surface area contributed by atoms with Crippen molar-refractivity contribution in [1.82, 2.24) is 4.72 Å². The van der Waals surface area contributed by atoms with Crippen molar-refractivity contribution in [2.24, 2.45) is 0 Å². The zero-order valence-corrected chi connectivity index (χ0v) is 15.4. The molecule has 0 aliphatic carbocycles. The summed E-state index contributed by atoms with van der Waals surface area (Å²) in [6.07, 6.45) is 0. The molecular weight excluding hydrogens is 350 g/mol. The van der Waals surface area contributed by atoms with Gasteiger partial charge in [0.05, 0.1) is 7.11 Å². The minimum atomic E-state index is -3.74. The third-order valence-corrected chi connectivity index (χ3v) is 5.13. The number of nitrogens with one attached hydrogen (secondary N) is 1. The van der Waals surface area contributed by atoms with Gasteiger partial charge in [-0.15, -0.1) is 0 Å². The van der Waals surface area contributed by atoms with Crippen molar-refractivity contribution in [3.8, 4) is 11.5 Å². The molecule has 2 rings (SSSR count). The van der Waals surface area contributed by atoms with Crippen molar-refractivity contribution < 1.29 is 17.9 Å². The predicted octanol–water partition coefficient (Wildman–Crippen LogP) is 3.32. The summed E-state index contributed by atoms with van der Waals surface area (Å²) in [5.74, 6) is 0.983. The van der Waals surface area contributed by atoms with Gasteiger partial charge in [-0.1, -0.05) is 23.7 Å². The highest BCUT2D eigenvalue weighted by molar-refractivity contribution is 7.89. The predicted molar refractivity (Wildman–Crippen MR) is 94.6 cm³/mol. The van der Waals surface area contributed by atoms with Gasteiger partial charge >= 0.3 is 0 Å². The fraction of sp³-hybridized carbons (Fsp3) is 0.294. The highest BCUT2D eigenvalue weighted by Gasteiger charge is 2.19. The quantitative estimate of drug-likeness (QED) is 0.760. The summed E-state index contributed by atoms with van der Waals surface area (Å²) in [7, 11) is -2.33. The average molecular weight is 370 g/mol. The number of hydrogen-bond donors (Lipinski definition) is 1. The van der Waals surface area contributed by atoms with E-state index in [1.165, 1.54) is 19.2 Å². The molecule has 130 valence electrons. The average Bonchev–Trinajstić information content (AvgIpc) is 2.54. The molecular formula is C17H20ClNO4S. The summed E-state index contributed by atoms with van der Waals surface area (Å²) < 4.78 is 38.0. The van der Waals surface area contributed by atoms with E-state index in [0.29, 0.717) is 5.02 Å². The summed E-state index contributed by atoms with van der Waals surface area (Å²) in [5, 5.41) is 0.322. The van der Waals surface area contributed by atoms with Gasteiger partial charge in [-0.3, -0.25) is 0 Å². The van der Waals surface area contributed by atoms with Crippen LogP contribution in [0.4, 0.5) is 0 Å². The van der Waals surface area contributed by atoms with Crippen LogP contribution in [0.25, 0.3) is 0 Å². The Hall–Kier alpha value is -1.76. The largest absolute Gasteiger partial charge is 0.495 e. The Labute approximate surface area is 147 Å². The van der Waals surface area contributed by atoms with E-state index in [-0.39, 0.29) is 23.8 Å². The van der Waals surface area contributed by atoms with E-state index >= 15 is 0 Å². The molecule has 0 radical (unpaired) electrons. The second kappa shape index (κ2) is 7.88. The van der Waals surface area contributed by atoms with Gasteiger partial charge in [0.25, 0.3) is 0 Å². The highest BCUT2D eigenvalue weighted by atomic mass is 35.5. The van der Waals surface area contributed by atoms with Crippen LogP contribution in [0.5, 0.6) is 11.5 Å². The molecule has 0 atom stereocenters. The fourth-order valence-electron chi connectivity index (χ4n) is 2.14. The zero-order chi connectivity index (χ0) is 17.7. The van der Waals surface area contributed by atoms with Crippen LogP contribution in [0.15, 0.2) is 41.3 Å². The second-order valence-corrected chi connectivity index (χ2v) is 7.48. The third-order valence-electron chi connectivity index (χ3n) is 3.41. The highest BCUT2D eigenvalue weighted by Crippen LogP contribution is 2.26. The lowest BCUT2D eigenvalue weighted by molar-refractivity contribution is 0.320. The first-order valence-corrected chi connectivity index (χ1v) is 9.23. The van der Waals surface area contributed by atoms with Crippen LogP contribution >= 0.6 is 11.6 Å². The molecule has 7 heteroatoms. The molecule has 0 spiro atoms. The summed E-state index contributed by atoms with van der Waals surface area (Å²) in [6, 6.07) is 10.3. The fourth-order valence-corrected chi connectivity index (χ4v) is 3.58. The van der Waals surface area contributed by atoms with Gasteiger partial charge in [0.1, 0.15) is 23.0 Å². The molecule has 24 heavy (non-hydrogen) atoms. The van der Waals surface area contributed by atoms with Crippen molar-refractivity contribution in [3.05, 3.63) is 52.5 Å². The van der Waals surface area contributed by atoms with Crippen LogP contribution in [0, 0.1) is 13.8 Å². The smallest absolute Gasteiger partial charge is 0.244 e. The molecule has 2 aromatic rings. The summed E-state index contributed by atoms with van der Waals surface area (Å²) in [5.41, 5.74) is 2.08. The molecule has 5 nitrogen and oxygen atoms in total. The first-order valence-electron chi connectivity index (χ1n) is 7.37. The van der Waals surface area contributed by atoms with Gasteiger partial charge in [0.2, 0.25) is 10.0 Å². The first kappa shape index (κ1) is 18.6. The van der Waals surface area contributed by atoms with Gasteiger partial charge in [-0.2, -0.15) is 0 Å². The van der Waals surface area contributed by atoms with Crippen molar-refractivity contribution >= 4 is 21.6 Å². The van der Waals surface area contributed by atoms with Crippen LogP contribution < -0.4 is 14.2 Å². The Kier molecular flexibility index (Phi) is 6.10.